The first-order valence-corrected chi connectivity index (χ1v) is 7.86. The Morgan fingerprint density at radius 1 is 1.21 bits per heavy atom. The topological polar surface area (TPSA) is 17.8 Å². The van der Waals surface area contributed by atoms with Crippen molar-refractivity contribution in [2.24, 2.45) is 0 Å². The monoisotopic (exact) mass is 326 g/mol. The first-order valence-electron chi connectivity index (χ1n) is 7.86. The van der Waals surface area contributed by atoms with Crippen molar-refractivity contribution in [1.82, 2.24) is 9.55 Å². The predicted molar refractivity (Wildman–Crippen MR) is 94.3 cm³/mol. The van der Waals surface area contributed by atoms with E-state index >= 15 is 0 Å². The quantitative estimate of drug-likeness (QED) is 0.615. The molecule has 0 aliphatic carbocycles. The summed E-state index contributed by atoms with van der Waals surface area (Å²) in [7, 11) is 0. The van der Waals surface area contributed by atoms with E-state index in [2.05, 4.69) is 11.6 Å². The van der Waals surface area contributed by atoms with E-state index in [0.717, 1.165) is 34.9 Å². The highest BCUT2D eigenvalue weighted by Crippen LogP contribution is 2.31. The molecule has 24 heavy (non-hydrogen) atoms. The molecule has 0 saturated heterocycles. The smallest absolute Gasteiger partial charge is 0.270 e. The van der Waals surface area contributed by atoms with Crippen LogP contribution in [0.25, 0.3) is 16.6 Å². The molecular formula is C20H20F2N2. The minimum atomic E-state index is -2.87. The van der Waals surface area contributed by atoms with E-state index in [4.69, 9.17) is 0 Å². The van der Waals surface area contributed by atoms with Crippen LogP contribution in [0.2, 0.25) is 0 Å². The van der Waals surface area contributed by atoms with Crippen LogP contribution in [-0.4, -0.2) is 9.55 Å². The highest BCUT2D eigenvalue weighted by Gasteiger charge is 2.27. The van der Waals surface area contributed by atoms with Crippen LogP contribution in [0, 0.1) is 6.92 Å². The standard InChI is InChI=1S/C20H20F2N2/c1-13(2)15-9-10-19-18(11-15)23-14(3)24(19)12-16-7-5-6-8-17(16)20(4,21)22/h5-11H,1,12H2,2-4H3. The second kappa shape index (κ2) is 5.86. The molecular weight excluding hydrogens is 306 g/mol. The zero-order valence-electron chi connectivity index (χ0n) is 14.1. The molecule has 1 aromatic heterocycles. The lowest BCUT2D eigenvalue weighted by atomic mass is 10.0. The summed E-state index contributed by atoms with van der Waals surface area (Å²) in [5, 5.41) is 0. The number of aryl methyl sites for hydroxylation is 1. The Kier molecular flexibility index (Phi) is 3.99. The normalized spacial score (nSPS) is 11.9. The van der Waals surface area contributed by atoms with Crippen molar-refractivity contribution in [2.45, 2.75) is 33.2 Å². The van der Waals surface area contributed by atoms with Crippen molar-refractivity contribution in [1.29, 1.82) is 0 Å². The van der Waals surface area contributed by atoms with Gasteiger partial charge in [0.1, 0.15) is 5.82 Å². The Hall–Kier alpha value is -2.49. The largest absolute Gasteiger partial charge is 0.324 e. The average molecular weight is 326 g/mol. The molecule has 0 saturated carbocycles. The molecule has 0 aliphatic rings. The van der Waals surface area contributed by atoms with E-state index in [1.807, 2.05) is 36.6 Å². The van der Waals surface area contributed by atoms with Crippen LogP contribution in [0.3, 0.4) is 0 Å². The van der Waals surface area contributed by atoms with Crippen LogP contribution in [0.1, 0.15) is 36.4 Å². The summed E-state index contributed by atoms with van der Waals surface area (Å²) >= 11 is 0. The van der Waals surface area contributed by atoms with Gasteiger partial charge in [-0.05, 0) is 37.1 Å². The molecule has 3 aromatic rings. The lowest BCUT2D eigenvalue weighted by Gasteiger charge is -2.17. The molecule has 2 nitrogen and oxygen atoms in total. The Morgan fingerprint density at radius 3 is 2.58 bits per heavy atom. The van der Waals surface area contributed by atoms with Gasteiger partial charge in [0.25, 0.3) is 5.92 Å². The summed E-state index contributed by atoms with van der Waals surface area (Å²) < 4.78 is 29.7. The lowest BCUT2D eigenvalue weighted by molar-refractivity contribution is 0.0164. The third kappa shape index (κ3) is 2.96. The van der Waals surface area contributed by atoms with Crippen LogP contribution < -0.4 is 0 Å². The minimum Gasteiger partial charge on any atom is -0.324 e. The fraction of sp³-hybridized carbons (Fsp3) is 0.250. The van der Waals surface area contributed by atoms with Gasteiger partial charge in [-0.15, -0.1) is 0 Å². The average Bonchev–Trinajstić information content (AvgIpc) is 2.82. The number of aromatic nitrogens is 2. The van der Waals surface area contributed by atoms with Gasteiger partial charge in [-0.1, -0.05) is 42.5 Å². The number of hydrogen-bond donors (Lipinski definition) is 0. The van der Waals surface area contributed by atoms with Gasteiger partial charge in [-0.2, -0.15) is 0 Å². The maximum absolute atomic E-state index is 13.9. The summed E-state index contributed by atoms with van der Waals surface area (Å²) in [6.07, 6.45) is 0. The van der Waals surface area contributed by atoms with Crippen LogP contribution in [0.5, 0.6) is 0 Å². The van der Waals surface area contributed by atoms with E-state index in [9.17, 15) is 8.78 Å². The number of nitrogens with zero attached hydrogens (tertiary/aromatic N) is 2. The number of halogens is 2. The summed E-state index contributed by atoms with van der Waals surface area (Å²) in [5.41, 5.74) is 4.47. The van der Waals surface area contributed by atoms with Crippen LogP contribution >= 0.6 is 0 Å². The van der Waals surface area contributed by atoms with E-state index in [1.54, 1.807) is 18.2 Å². The number of alkyl halides is 2. The van der Waals surface area contributed by atoms with E-state index in [-0.39, 0.29) is 5.56 Å². The summed E-state index contributed by atoms with van der Waals surface area (Å²) in [5.74, 6) is -2.06. The Labute approximate surface area is 140 Å². The molecule has 0 N–H and O–H groups in total. The summed E-state index contributed by atoms with van der Waals surface area (Å²) in [6, 6.07) is 12.6. The molecule has 4 heteroatoms. The number of hydrogen-bond acceptors (Lipinski definition) is 1. The number of imidazole rings is 1. The molecule has 0 aliphatic heterocycles. The number of allylic oxidation sites excluding steroid dienone is 1. The van der Waals surface area contributed by atoms with Crippen molar-refractivity contribution in [2.75, 3.05) is 0 Å². The zero-order chi connectivity index (χ0) is 17.5. The molecule has 0 bridgehead atoms. The molecule has 3 rings (SSSR count). The SMILES string of the molecule is C=C(C)c1ccc2c(c1)nc(C)n2Cc1ccccc1C(C)(F)F. The fourth-order valence-electron chi connectivity index (χ4n) is 2.97. The number of rotatable bonds is 4. The first kappa shape index (κ1) is 16.4. The molecule has 0 unspecified atom stereocenters. The third-order valence-corrected chi connectivity index (χ3v) is 4.25. The zero-order valence-corrected chi connectivity index (χ0v) is 14.1. The Morgan fingerprint density at radius 2 is 1.92 bits per heavy atom. The fourth-order valence-corrected chi connectivity index (χ4v) is 2.97. The Bertz CT molecular complexity index is 917. The van der Waals surface area contributed by atoms with Crippen LogP contribution in [0.15, 0.2) is 49.0 Å². The molecule has 1 heterocycles. The van der Waals surface area contributed by atoms with Gasteiger partial charge < -0.3 is 4.57 Å². The van der Waals surface area contributed by atoms with E-state index in [1.165, 1.54) is 6.07 Å². The number of fused-ring (bicyclic) bond motifs is 1. The van der Waals surface area contributed by atoms with Crippen molar-refractivity contribution < 1.29 is 8.78 Å². The van der Waals surface area contributed by atoms with Crippen LogP contribution in [-0.2, 0) is 12.5 Å². The van der Waals surface area contributed by atoms with E-state index < -0.39 is 5.92 Å². The summed E-state index contributed by atoms with van der Waals surface area (Å²) in [4.78, 5) is 4.58. The van der Waals surface area contributed by atoms with Gasteiger partial charge in [0.2, 0.25) is 0 Å². The highest BCUT2D eigenvalue weighted by atomic mass is 19.3. The van der Waals surface area contributed by atoms with Crippen molar-refractivity contribution in [3.8, 4) is 0 Å². The van der Waals surface area contributed by atoms with E-state index in [0.29, 0.717) is 12.1 Å². The molecule has 2 aromatic carbocycles. The molecule has 124 valence electrons. The second-order valence-electron chi connectivity index (χ2n) is 6.27. The minimum absolute atomic E-state index is 0.0600. The van der Waals surface area contributed by atoms with Crippen molar-refractivity contribution >= 4 is 16.6 Å². The van der Waals surface area contributed by atoms with Gasteiger partial charge in [-0.25, -0.2) is 13.8 Å². The molecule has 0 spiro atoms. The second-order valence-corrected chi connectivity index (χ2v) is 6.27. The predicted octanol–water partition coefficient (Wildman–Crippen LogP) is 5.54. The van der Waals surface area contributed by atoms with Crippen molar-refractivity contribution in [3.05, 3.63) is 71.6 Å². The lowest BCUT2D eigenvalue weighted by Crippen LogP contribution is -2.13. The molecule has 0 fully saturated rings. The van der Waals surface area contributed by atoms with Gasteiger partial charge in [-0.3, -0.25) is 0 Å². The van der Waals surface area contributed by atoms with Gasteiger partial charge in [0.05, 0.1) is 11.0 Å². The maximum Gasteiger partial charge on any atom is 0.270 e. The first-order chi connectivity index (χ1) is 11.3. The summed E-state index contributed by atoms with van der Waals surface area (Å²) in [6.45, 7) is 9.10. The Balaban J connectivity index is 2.09. The van der Waals surface area contributed by atoms with Gasteiger partial charge >= 0.3 is 0 Å². The molecule has 0 amide bonds. The maximum atomic E-state index is 13.9. The van der Waals surface area contributed by atoms with Crippen LogP contribution in [0.4, 0.5) is 8.78 Å². The van der Waals surface area contributed by atoms with Gasteiger partial charge in [0, 0.05) is 19.0 Å². The van der Waals surface area contributed by atoms with Crippen molar-refractivity contribution in [3.63, 3.8) is 0 Å². The highest BCUT2D eigenvalue weighted by molar-refractivity contribution is 5.81. The molecule has 0 atom stereocenters. The number of benzene rings is 2. The van der Waals surface area contributed by atoms with Gasteiger partial charge in [0.15, 0.2) is 0 Å². The molecule has 0 radical (unpaired) electrons. The third-order valence-electron chi connectivity index (χ3n) is 4.25.